The zero-order chi connectivity index (χ0) is 16.8. The lowest BCUT2D eigenvalue weighted by molar-refractivity contribution is -0.132. The summed E-state index contributed by atoms with van der Waals surface area (Å²) in [7, 11) is 0. The van der Waals surface area contributed by atoms with Gasteiger partial charge in [-0.15, -0.1) is 0 Å². The summed E-state index contributed by atoms with van der Waals surface area (Å²) in [4.78, 5) is 15.4. The van der Waals surface area contributed by atoms with Crippen LogP contribution in [-0.4, -0.2) is 55.7 Å². The van der Waals surface area contributed by atoms with Crippen molar-refractivity contribution in [3.05, 3.63) is 0 Å². The third-order valence-electron chi connectivity index (χ3n) is 6.25. The van der Waals surface area contributed by atoms with Crippen molar-refractivity contribution in [3.63, 3.8) is 0 Å². The molecule has 5 nitrogen and oxygen atoms in total. The van der Waals surface area contributed by atoms with E-state index in [4.69, 9.17) is 10.5 Å². The van der Waals surface area contributed by atoms with Crippen LogP contribution in [0, 0.1) is 5.41 Å². The minimum absolute atomic E-state index is 0.0795. The van der Waals surface area contributed by atoms with Gasteiger partial charge in [-0.05, 0) is 51.6 Å². The summed E-state index contributed by atoms with van der Waals surface area (Å²) in [6.07, 6.45) is 7.50. The topological polar surface area (TPSA) is 67.6 Å². The van der Waals surface area contributed by atoms with Crippen molar-refractivity contribution in [3.8, 4) is 0 Å². The zero-order valence-corrected chi connectivity index (χ0v) is 15.0. The number of carbonyl (C=O) groups is 1. The molecule has 2 aliphatic rings. The number of rotatable bonds is 7. The van der Waals surface area contributed by atoms with E-state index in [2.05, 4.69) is 24.1 Å². The molecule has 0 atom stereocenters. The first-order chi connectivity index (χ1) is 11.1. The van der Waals surface area contributed by atoms with Gasteiger partial charge < -0.3 is 15.8 Å². The van der Waals surface area contributed by atoms with Crippen LogP contribution in [0.15, 0.2) is 0 Å². The molecule has 0 saturated carbocycles. The van der Waals surface area contributed by atoms with Crippen LogP contribution in [0.1, 0.15) is 58.8 Å². The Bertz CT molecular complexity index is 362. The lowest BCUT2D eigenvalue weighted by Crippen LogP contribution is -2.61. The second-order valence-electron chi connectivity index (χ2n) is 7.26. The van der Waals surface area contributed by atoms with Crippen molar-refractivity contribution >= 4 is 5.91 Å². The van der Waals surface area contributed by atoms with Crippen LogP contribution in [0.5, 0.6) is 0 Å². The Balaban J connectivity index is 2.04. The van der Waals surface area contributed by atoms with E-state index in [9.17, 15) is 4.79 Å². The summed E-state index contributed by atoms with van der Waals surface area (Å²) < 4.78 is 5.59. The molecule has 0 unspecified atom stereocenters. The van der Waals surface area contributed by atoms with Crippen molar-refractivity contribution in [1.29, 1.82) is 0 Å². The first kappa shape index (κ1) is 18.7. The Kier molecular flexibility index (Phi) is 6.86. The molecule has 2 rings (SSSR count). The van der Waals surface area contributed by atoms with Crippen LogP contribution >= 0.6 is 0 Å². The Morgan fingerprint density at radius 2 is 1.78 bits per heavy atom. The van der Waals surface area contributed by atoms with E-state index in [1.807, 2.05) is 0 Å². The van der Waals surface area contributed by atoms with Gasteiger partial charge in [-0.1, -0.05) is 20.3 Å². The molecule has 0 bridgehead atoms. The van der Waals surface area contributed by atoms with Crippen molar-refractivity contribution in [2.75, 3.05) is 39.4 Å². The van der Waals surface area contributed by atoms with E-state index < -0.39 is 5.41 Å². The van der Waals surface area contributed by atoms with Gasteiger partial charge in [-0.2, -0.15) is 0 Å². The van der Waals surface area contributed by atoms with Gasteiger partial charge >= 0.3 is 0 Å². The molecule has 1 amide bonds. The molecule has 0 aromatic rings. The minimum Gasteiger partial charge on any atom is -0.381 e. The fourth-order valence-corrected chi connectivity index (χ4v) is 4.11. The number of piperidine rings is 1. The largest absolute Gasteiger partial charge is 0.381 e. The van der Waals surface area contributed by atoms with Gasteiger partial charge in [0.2, 0.25) is 5.91 Å². The molecule has 3 N–H and O–H groups in total. The maximum Gasteiger partial charge on any atom is 0.227 e. The average molecular weight is 325 g/mol. The molecule has 0 aromatic carbocycles. The Hall–Kier alpha value is -0.650. The summed E-state index contributed by atoms with van der Waals surface area (Å²) >= 11 is 0. The highest BCUT2D eigenvalue weighted by atomic mass is 16.5. The van der Waals surface area contributed by atoms with Gasteiger partial charge in [-0.3, -0.25) is 9.69 Å². The van der Waals surface area contributed by atoms with E-state index in [0.717, 1.165) is 58.5 Å². The van der Waals surface area contributed by atoms with E-state index in [0.29, 0.717) is 6.54 Å². The lowest BCUT2D eigenvalue weighted by atomic mass is 9.80. The zero-order valence-electron chi connectivity index (χ0n) is 15.0. The molecule has 0 spiro atoms. The number of carbonyl (C=O) groups excluding carboxylic acids is 1. The predicted octanol–water partition coefficient (Wildman–Crippen LogP) is 1.90. The van der Waals surface area contributed by atoms with E-state index in [1.165, 1.54) is 19.3 Å². The van der Waals surface area contributed by atoms with Crippen LogP contribution < -0.4 is 11.1 Å². The summed E-state index contributed by atoms with van der Waals surface area (Å²) in [6, 6.07) is 0. The molecule has 2 aliphatic heterocycles. The molecule has 2 saturated heterocycles. The maximum absolute atomic E-state index is 12.8. The number of amides is 1. The second-order valence-corrected chi connectivity index (χ2v) is 7.26. The lowest BCUT2D eigenvalue weighted by Gasteiger charge is -2.48. The molecule has 5 heteroatoms. The van der Waals surface area contributed by atoms with Crippen molar-refractivity contribution < 1.29 is 9.53 Å². The van der Waals surface area contributed by atoms with Gasteiger partial charge in [0, 0.05) is 31.8 Å². The van der Waals surface area contributed by atoms with Gasteiger partial charge in [0.25, 0.3) is 0 Å². The smallest absolute Gasteiger partial charge is 0.227 e. The first-order valence-electron chi connectivity index (χ1n) is 9.43. The summed E-state index contributed by atoms with van der Waals surface area (Å²) in [6.45, 7) is 9.18. The predicted molar refractivity (Wildman–Crippen MR) is 93.3 cm³/mol. The SMILES string of the molecule is CCC(CC)(CN)C(=O)NCC1(N2CCCCC2)CCOCC1. The molecule has 2 heterocycles. The normalized spacial score (nSPS) is 22.7. The van der Waals surface area contributed by atoms with Crippen molar-refractivity contribution in [2.45, 2.75) is 64.3 Å². The fraction of sp³-hybridized carbons (Fsp3) is 0.944. The van der Waals surface area contributed by atoms with E-state index in [-0.39, 0.29) is 11.4 Å². The fourth-order valence-electron chi connectivity index (χ4n) is 4.11. The Labute approximate surface area is 141 Å². The maximum atomic E-state index is 12.8. The third-order valence-corrected chi connectivity index (χ3v) is 6.25. The molecular weight excluding hydrogens is 290 g/mol. The standard InChI is InChI=1S/C18H35N3O2/c1-3-17(4-2,14-19)16(22)20-15-18(8-12-23-13-9-18)21-10-6-5-7-11-21/h3-15,19H2,1-2H3,(H,20,22). The Morgan fingerprint density at radius 3 is 2.30 bits per heavy atom. The molecular formula is C18H35N3O2. The van der Waals surface area contributed by atoms with Crippen molar-refractivity contribution in [1.82, 2.24) is 10.2 Å². The third kappa shape index (κ3) is 4.06. The summed E-state index contributed by atoms with van der Waals surface area (Å²) in [5.41, 5.74) is 5.59. The second kappa shape index (κ2) is 8.45. The van der Waals surface area contributed by atoms with Gasteiger partial charge in [0.1, 0.15) is 0 Å². The van der Waals surface area contributed by atoms with Gasteiger partial charge in [0.05, 0.1) is 5.41 Å². The highest BCUT2D eigenvalue weighted by molar-refractivity contribution is 5.82. The van der Waals surface area contributed by atoms with Gasteiger partial charge in [0.15, 0.2) is 0 Å². The minimum atomic E-state index is -0.408. The number of nitrogens with one attached hydrogen (secondary N) is 1. The number of hydrogen-bond donors (Lipinski definition) is 2. The number of nitrogens with zero attached hydrogens (tertiary/aromatic N) is 1. The molecule has 0 aromatic heterocycles. The van der Waals surface area contributed by atoms with Crippen LogP contribution in [0.3, 0.4) is 0 Å². The van der Waals surface area contributed by atoms with E-state index in [1.54, 1.807) is 0 Å². The summed E-state index contributed by atoms with van der Waals surface area (Å²) in [5.74, 6) is 0.132. The number of nitrogens with two attached hydrogens (primary N) is 1. The quantitative estimate of drug-likeness (QED) is 0.750. The van der Waals surface area contributed by atoms with E-state index >= 15 is 0 Å². The average Bonchev–Trinajstić information content (AvgIpc) is 2.63. The van der Waals surface area contributed by atoms with Crippen LogP contribution in [0.4, 0.5) is 0 Å². The van der Waals surface area contributed by atoms with Crippen LogP contribution in [-0.2, 0) is 9.53 Å². The molecule has 0 aliphatic carbocycles. The number of likely N-dealkylation sites (tertiary alicyclic amines) is 1. The highest BCUT2D eigenvalue weighted by Gasteiger charge is 2.41. The highest BCUT2D eigenvalue weighted by Crippen LogP contribution is 2.31. The summed E-state index contributed by atoms with van der Waals surface area (Å²) in [5, 5.41) is 3.27. The first-order valence-corrected chi connectivity index (χ1v) is 9.43. The molecule has 2 fully saturated rings. The number of hydrogen-bond acceptors (Lipinski definition) is 4. The van der Waals surface area contributed by atoms with Crippen LogP contribution in [0.2, 0.25) is 0 Å². The van der Waals surface area contributed by atoms with Crippen LogP contribution in [0.25, 0.3) is 0 Å². The monoisotopic (exact) mass is 325 g/mol. The molecule has 134 valence electrons. The van der Waals surface area contributed by atoms with Gasteiger partial charge in [-0.25, -0.2) is 0 Å². The van der Waals surface area contributed by atoms with Crippen molar-refractivity contribution in [2.24, 2.45) is 11.1 Å². The molecule has 0 radical (unpaired) electrons. The Morgan fingerprint density at radius 1 is 1.17 bits per heavy atom. The number of ether oxygens (including phenoxy) is 1. The molecule has 23 heavy (non-hydrogen) atoms.